The summed E-state index contributed by atoms with van der Waals surface area (Å²) in [5.74, 6) is -0.119. The van der Waals surface area contributed by atoms with Gasteiger partial charge in [-0.1, -0.05) is 0 Å². The highest BCUT2D eigenvalue weighted by atomic mass is 16.5. The number of piperazine rings is 1. The van der Waals surface area contributed by atoms with E-state index in [-0.39, 0.29) is 22.7 Å². The van der Waals surface area contributed by atoms with E-state index in [1.54, 1.807) is 18.2 Å². The van der Waals surface area contributed by atoms with Gasteiger partial charge in [0.1, 0.15) is 11.3 Å². The van der Waals surface area contributed by atoms with Gasteiger partial charge in [0.25, 0.3) is 5.55 Å². The quantitative estimate of drug-likeness (QED) is 0.502. The summed E-state index contributed by atoms with van der Waals surface area (Å²) in [5, 5.41) is 23.2. The molecule has 7 nitrogen and oxygen atoms in total. The maximum absolute atomic E-state index is 11.7. The first-order chi connectivity index (χ1) is 11.5. The van der Waals surface area contributed by atoms with E-state index in [4.69, 9.17) is 9.62 Å². The molecule has 1 saturated heterocycles. The minimum Gasteiger partial charge on any atom is -0.507 e. The highest BCUT2D eigenvalue weighted by Gasteiger charge is 2.19. The average Bonchev–Trinajstić information content (AvgIpc) is 2.58. The van der Waals surface area contributed by atoms with Crippen molar-refractivity contribution in [3.05, 3.63) is 34.9 Å². The van der Waals surface area contributed by atoms with Crippen molar-refractivity contribution in [1.82, 2.24) is 9.80 Å². The van der Waals surface area contributed by atoms with E-state index in [1.807, 2.05) is 0 Å². The highest BCUT2D eigenvalue weighted by Crippen LogP contribution is 2.28. The van der Waals surface area contributed by atoms with Crippen LogP contribution in [-0.2, 0) is 6.54 Å². The number of carbonyl (C=O) groups excluding carboxylic acids is 1. The molecular weight excluding hydrogens is 310 g/mol. The first kappa shape index (κ1) is 16.5. The predicted molar refractivity (Wildman–Crippen MR) is 88.0 cm³/mol. The van der Waals surface area contributed by atoms with E-state index in [0.29, 0.717) is 23.1 Å². The van der Waals surface area contributed by atoms with Crippen LogP contribution >= 0.6 is 0 Å². The van der Waals surface area contributed by atoms with Crippen LogP contribution in [0.25, 0.3) is 11.0 Å². The zero-order chi connectivity index (χ0) is 17.3. The third-order valence-corrected chi connectivity index (χ3v) is 4.44. The number of phenols is 1. The van der Waals surface area contributed by atoms with E-state index in [0.717, 1.165) is 26.2 Å². The van der Waals surface area contributed by atoms with Crippen molar-refractivity contribution in [2.75, 3.05) is 33.2 Å². The number of nitrogens with zero attached hydrogens (tertiary/aromatic N) is 3. The number of fused-ring (bicyclic) bond motifs is 1. The Morgan fingerprint density at radius 3 is 2.62 bits per heavy atom. The van der Waals surface area contributed by atoms with Crippen LogP contribution in [0.5, 0.6) is 5.75 Å². The molecule has 0 bridgehead atoms. The molecule has 24 heavy (non-hydrogen) atoms. The molecular formula is C17H21N3O4. The third kappa shape index (κ3) is 3.13. The van der Waals surface area contributed by atoms with Crippen LogP contribution in [0.1, 0.15) is 22.8 Å². The summed E-state index contributed by atoms with van der Waals surface area (Å²) in [7, 11) is 2.08. The van der Waals surface area contributed by atoms with Crippen LogP contribution in [0.3, 0.4) is 0 Å². The standard InChI is InChI=1S/C17H21N3O4/c1-11(21)13-9-12-3-4-15(22)14(16(12)24-17(13)18-23)10-20-7-5-19(2)6-8-20/h3-4,9,22-23H,5-8,10H2,1-2H3. The number of benzene rings is 1. The van der Waals surface area contributed by atoms with Crippen molar-refractivity contribution in [2.24, 2.45) is 5.16 Å². The molecule has 0 spiro atoms. The second-order valence-electron chi connectivity index (χ2n) is 6.18. The van der Waals surface area contributed by atoms with Crippen molar-refractivity contribution < 1.29 is 19.5 Å². The molecule has 0 amide bonds. The molecule has 128 valence electrons. The Morgan fingerprint density at radius 2 is 2.00 bits per heavy atom. The number of phenolic OH excluding ortho intramolecular Hbond substituents is 1. The molecule has 1 fully saturated rings. The fraction of sp³-hybridized carbons (Fsp3) is 0.412. The smallest absolute Gasteiger partial charge is 0.266 e. The van der Waals surface area contributed by atoms with Crippen LogP contribution in [0, 0.1) is 0 Å². The highest BCUT2D eigenvalue weighted by molar-refractivity contribution is 5.97. The fourth-order valence-corrected chi connectivity index (χ4v) is 2.95. The van der Waals surface area contributed by atoms with Gasteiger partial charge in [-0.3, -0.25) is 9.69 Å². The number of Topliss-reactive ketones (excluding diaryl/α,β-unsaturated/α-hetero) is 1. The Hall–Kier alpha value is -2.38. The zero-order valence-electron chi connectivity index (χ0n) is 13.8. The largest absolute Gasteiger partial charge is 0.507 e. The van der Waals surface area contributed by atoms with Crippen molar-refractivity contribution in [3.63, 3.8) is 0 Å². The second-order valence-corrected chi connectivity index (χ2v) is 6.18. The van der Waals surface area contributed by atoms with E-state index in [1.165, 1.54) is 6.92 Å². The number of hydrogen-bond acceptors (Lipinski definition) is 7. The van der Waals surface area contributed by atoms with Gasteiger partial charge in [-0.25, -0.2) is 0 Å². The van der Waals surface area contributed by atoms with Crippen molar-refractivity contribution >= 4 is 16.8 Å². The average molecular weight is 331 g/mol. The molecule has 0 atom stereocenters. The summed E-state index contributed by atoms with van der Waals surface area (Å²) in [6.07, 6.45) is 0. The lowest BCUT2D eigenvalue weighted by Crippen LogP contribution is -2.43. The van der Waals surface area contributed by atoms with E-state index in [9.17, 15) is 9.90 Å². The summed E-state index contributed by atoms with van der Waals surface area (Å²) in [5.41, 5.74) is 1.14. The Balaban J connectivity index is 2.06. The lowest BCUT2D eigenvalue weighted by molar-refractivity contribution is 0.101. The van der Waals surface area contributed by atoms with E-state index in [2.05, 4.69) is 22.0 Å². The molecule has 0 radical (unpaired) electrons. The summed E-state index contributed by atoms with van der Waals surface area (Å²) in [4.78, 5) is 16.2. The van der Waals surface area contributed by atoms with Gasteiger partial charge in [-0.2, -0.15) is 0 Å². The summed E-state index contributed by atoms with van der Waals surface area (Å²) in [6, 6.07) is 4.92. The Bertz CT molecular complexity index is 836. The number of carbonyl (C=O) groups is 1. The number of rotatable bonds is 3. The van der Waals surface area contributed by atoms with Crippen LogP contribution in [-0.4, -0.2) is 59.1 Å². The molecule has 0 aliphatic carbocycles. The minimum atomic E-state index is -0.248. The molecule has 2 aromatic rings. The lowest BCUT2D eigenvalue weighted by atomic mass is 10.1. The lowest BCUT2D eigenvalue weighted by Gasteiger charge is -2.32. The number of likely N-dealkylation sites (N-methyl/N-ethyl adjacent to an activating group) is 1. The van der Waals surface area contributed by atoms with Crippen molar-refractivity contribution in [3.8, 4) is 5.75 Å². The number of aromatic hydroxyl groups is 1. The topological polar surface area (TPSA) is 89.5 Å². The Morgan fingerprint density at radius 1 is 1.29 bits per heavy atom. The van der Waals surface area contributed by atoms with Crippen molar-refractivity contribution in [2.45, 2.75) is 13.5 Å². The molecule has 1 aliphatic rings. The van der Waals surface area contributed by atoms with Gasteiger partial charge in [0.2, 0.25) is 0 Å². The Labute approximate surface area is 139 Å². The molecule has 1 aromatic heterocycles. The SMILES string of the molecule is CC(=O)c1cc2ccc(O)c(CN3CCN(C)CC3)c2oc1=NO. The fourth-order valence-electron chi connectivity index (χ4n) is 2.95. The molecule has 3 rings (SSSR count). The monoisotopic (exact) mass is 331 g/mol. The van der Waals surface area contributed by atoms with Gasteiger partial charge in [0.15, 0.2) is 5.78 Å². The number of ketones is 1. The van der Waals surface area contributed by atoms with Crippen LogP contribution < -0.4 is 5.55 Å². The van der Waals surface area contributed by atoms with E-state index >= 15 is 0 Å². The molecule has 1 aromatic carbocycles. The molecule has 1 aliphatic heterocycles. The van der Waals surface area contributed by atoms with Gasteiger partial charge in [0, 0.05) is 38.1 Å². The maximum atomic E-state index is 11.7. The second kappa shape index (κ2) is 6.62. The van der Waals surface area contributed by atoms with Crippen LogP contribution in [0.4, 0.5) is 0 Å². The van der Waals surface area contributed by atoms with Gasteiger partial charge < -0.3 is 19.6 Å². The summed E-state index contributed by atoms with van der Waals surface area (Å²) >= 11 is 0. The van der Waals surface area contributed by atoms with E-state index < -0.39 is 0 Å². The maximum Gasteiger partial charge on any atom is 0.266 e. The van der Waals surface area contributed by atoms with Gasteiger partial charge >= 0.3 is 0 Å². The molecule has 0 unspecified atom stereocenters. The summed E-state index contributed by atoms with van der Waals surface area (Å²) < 4.78 is 5.64. The normalized spacial score (nSPS) is 17.5. The van der Waals surface area contributed by atoms with Gasteiger partial charge in [-0.05, 0) is 37.3 Å². The van der Waals surface area contributed by atoms with Gasteiger partial charge in [-0.15, -0.1) is 0 Å². The van der Waals surface area contributed by atoms with Crippen LogP contribution in [0.15, 0.2) is 27.8 Å². The summed E-state index contributed by atoms with van der Waals surface area (Å²) in [6.45, 7) is 5.65. The zero-order valence-corrected chi connectivity index (χ0v) is 13.8. The minimum absolute atomic E-state index is 0.129. The molecule has 0 saturated carbocycles. The van der Waals surface area contributed by atoms with Gasteiger partial charge in [0.05, 0.1) is 11.1 Å². The third-order valence-electron chi connectivity index (χ3n) is 4.44. The molecule has 7 heteroatoms. The van der Waals surface area contributed by atoms with Crippen molar-refractivity contribution in [1.29, 1.82) is 0 Å². The first-order valence-corrected chi connectivity index (χ1v) is 7.88. The first-order valence-electron chi connectivity index (χ1n) is 7.88. The van der Waals surface area contributed by atoms with Crippen LogP contribution in [0.2, 0.25) is 0 Å². The predicted octanol–water partition coefficient (Wildman–Crippen LogP) is 1.38. The molecule has 2 heterocycles. The molecule has 2 N–H and O–H groups in total. The number of hydrogen-bond donors (Lipinski definition) is 2. The Kier molecular flexibility index (Phi) is 4.55.